The van der Waals surface area contributed by atoms with Gasteiger partial charge in [0.15, 0.2) is 0 Å². The molecule has 0 fully saturated rings. The highest BCUT2D eigenvalue weighted by Crippen LogP contribution is 2.40. The average molecular weight is 377 g/mol. The van der Waals surface area contributed by atoms with Gasteiger partial charge in [0.25, 0.3) is 0 Å². The predicted molar refractivity (Wildman–Crippen MR) is 89.3 cm³/mol. The summed E-state index contributed by atoms with van der Waals surface area (Å²) in [6, 6.07) is 1.69. The first-order valence-corrected chi connectivity index (χ1v) is 10.9. The number of alkyl halides is 3. The number of aromatic amines is 1. The van der Waals surface area contributed by atoms with Crippen LogP contribution in [0.3, 0.4) is 0 Å². The summed E-state index contributed by atoms with van der Waals surface area (Å²) in [5, 5.41) is 6.40. The van der Waals surface area contributed by atoms with Crippen LogP contribution >= 0.6 is 23.2 Å². The Morgan fingerprint density at radius 1 is 1.13 bits per heavy atom. The third kappa shape index (κ3) is 4.31. The zero-order valence-electron chi connectivity index (χ0n) is 12.6. The molecule has 1 aromatic heterocycles. The van der Waals surface area contributed by atoms with Gasteiger partial charge in [0, 0.05) is 5.56 Å². The highest BCUT2D eigenvalue weighted by molar-refractivity contribution is 6.83. The van der Waals surface area contributed by atoms with Crippen molar-refractivity contribution in [3.05, 3.63) is 39.5 Å². The van der Waals surface area contributed by atoms with E-state index in [9.17, 15) is 13.2 Å². The van der Waals surface area contributed by atoms with Crippen LogP contribution in [0.5, 0.6) is 0 Å². The molecule has 0 bridgehead atoms. The standard InChI is InChI=1S/C15H13Cl2F3N2Si/c1-23(2,3)5-4-9-8-21-22-14(9)13-11(16)6-10(7-12(13)17)15(18,19)20/h6-8H,1-3H3,(H,21,22). The van der Waals surface area contributed by atoms with Gasteiger partial charge in [-0.3, -0.25) is 5.10 Å². The topological polar surface area (TPSA) is 28.7 Å². The van der Waals surface area contributed by atoms with Gasteiger partial charge in [0.2, 0.25) is 0 Å². The van der Waals surface area contributed by atoms with Gasteiger partial charge in [0.05, 0.1) is 33.1 Å². The van der Waals surface area contributed by atoms with Crippen molar-refractivity contribution in [3.8, 4) is 22.7 Å². The predicted octanol–water partition coefficient (Wildman–Crippen LogP) is 5.63. The normalized spacial score (nSPS) is 12.0. The van der Waals surface area contributed by atoms with Crippen molar-refractivity contribution in [3.63, 3.8) is 0 Å². The molecule has 0 atom stereocenters. The Morgan fingerprint density at radius 3 is 2.17 bits per heavy atom. The van der Waals surface area contributed by atoms with Gasteiger partial charge in [0.1, 0.15) is 8.07 Å². The van der Waals surface area contributed by atoms with Crippen LogP contribution in [-0.2, 0) is 6.18 Å². The number of H-pyrrole nitrogens is 1. The Hall–Kier alpha value is -1.42. The van der Waals surface area contributed by atoms with Crippen molar-refractivity contribution >= 4 is 31.3 Å². The molecular formula is C15H13Cl2F3N2Si. The van der Waals surface area contributed by atoms with E-state index in [-0.39, 0.29) is 15.6 Å². The molecule has 1 N–H and O–H groups in total. The monoisotopic (exact) mass is 376 g/mol. The minimum absolute atomic E-state index is 0.106. The molecule has 0 amide bonds. The number of nitrogens with one attached hydrogen (secondary N) is 1. The van der Waals surface area contributed by atoms with E-state index >= 15 is 0 Å². The van der Waals surface area contributed by atoms with E-state index in [1.165, 1.54) is 6.20 Å². The van der Waals surface area contributed by atoms with E-state index < -0.39 is 19.8 Å². The van der Waals surface area contributed by atoms with Crippen LogP contribution in [0.15, 0.2) is 18.3 Å². The summed E-state index contributed by atoms with van der Waals surface area (Å²) in [6.45, 7) is 6.24. The molecule has 0 aliphatic rings. The molecule has 2 rings (SSSR count). The van der Waals surface area contributed by atoms with E-state index in [1.807, 2.05) is 0 Å². The minimum Gasteiger partial charge on any atom is -0.276 e. The second-order valence-electron chi connectivity index (χ2n) is 5.97. The number of rotatable bonds is 1. The first kappa shape index (κ1) is 17.9. The zero-order valence-corrected chi connectivity index (χ0v) is 15.1. The number of hydrogen-bond donors (Lipinski definition) is 1. The summed E-state index contributed by atoms with van der Waals surface area (Å²) in [5.41, 5.74) is 3.50. The van der Waals surface area contributed by atoms with Crippen LogP contribution < -0.4 is 0 Å². The highest BCUT2D eigenvalue weighted by Gasteiger charge is 2.32. The summed E-state index contributed by atoms with van der Waals surface area (Å²) in [4.78, 5) is 0. The van der Waals surface area contributed by atoms with E-state index in [0.29, 0.717) is 11.3 Å². The Labute approximate surface area is 143 Å². The van der Waals surface area contributed by atoms with Gasteiger partial charge in [-0.1, -0.05) is 48.8 Å². The maximum absolute atomic E-state index is 12.8. The Morgan fingerprint density at radius 2 is 1.70 bits per heavy atom. The van der Waals surface area contributed by atoms with Crippen molar-refractivity contribution in [2.24, 2.45) is 0 Å². The summed E-state index contributed by atoms with van der Waals surface area (Å²) < 4.78 is 38.4. The maximum atomic E-state index is 12.8. The number of halogens is 5. The molecule has 0 saturated heterocycles. The van der Waals surface area contributed by atoms with E-state index in [0.717, 1.165) is 12.1 Å². The van der Waals surface area contributed by atoms with E-state index in [1.54, 1.807) is 0 Å². The molecule has 8 heteroatoms. The molecule has 0 aliphatic heterocycles. The SMILES string of the molecule is C[Si](C)(C)C#Cc1cn[nH]c1-c1c(Cl)cc(C(F)(F)F)cc1Cl. The maximum Gasteiger partial charge on any atom is 0.416 e. The fourth-order valence-electron chi connectivity index (χ4n) is 1.80. The summed E-state index contributed by atoms with van der Waals surface area (Å²) in [7, 11) is -1.62. The second-order valence-corrected chi connectivity index (χ2v) is 11.5. The van der Waals surface area contributed by atoms with Gasteiger partial charge >= 0.3 is 6.18 Å². The lowest BCUT2D eigenvalue weighted by molar-refractivity contribution is -0.137. The highest BCUT2D eigenvalue weighted by atomic mass is 35.5. The van der Waals surface area contributed by atoms with Gasteiger partial charge in [-0.15, -0.1) is 5.54 Å². The van der Waals surface area contributed by atoms with Crippen molar-refractivity contribution in [2.45, 2.75) is 25.8 Å². The van der Waals surface area contributed by atoms with E-state index in [4.69, 9.17) is 23.2 Å². The number of nitrogens with zero attached hydrogens (tertiary/aromatic N) is 1. The molecule has 2 nitrogen and oxygen atoms in total. The lowest BCUT2D eigenvalue weighted by Crippen LogP contribution is -2.16. The average Bonchev–Trinajstić information content (AvgIpc) is 2.82. The largest absolute Gasteiger partial charge is 0.416 e. The second kappa shape index (κ2) is 6.23. The van der Waals surface area contributed by atoms with Gasteiger partial charge in [-0.05, 0) is 12.1 Å². The Balaban J connectivity index is 2.57. The molecule has 0 saturated carbocycles. The third-order valence-corrected chi connectivity index (χ3v) is 4.30. The first-order chi connectivity index (χ1) is 10.5. The van der Waals surface area contributed by atoms with Crippen LogP contribution in [0.25, 0.3) is 11.3 Å². The van der Waals surface area contributed by atoms with Crippen LogP contribution in [0, 0.1) is 11.5 Å². The summed E-state index contributed by atoms with van der Waals surface area (Å²) in [5.74, 6) is 3.01. The molecule has 1 aromatic carbocycles. The van der Waals surface area contributed by atoms with Crippen molar-refractivity contribution in [1.82, 2.24) is 10.2 Å². The minimum atomic E-state index is -4.51. The number of benzene rings is 1. The first-order valence-electron chi connectivity index (χ1n) is 6.62. The molecule has 0 aliphatic carbocycles. The quantitative estimate of drug-likeness (QED) is 0.506. The molecule has 23 heavy (non-hydrogen) atoms. The van der Waals surface area contributed by atoms with Crippen LogP contribution in [-0.4, -0.2) is 18.3 Å². The third-order valence-electron chi connectivity index (χ3n) is 2.83. The fourth-order valence-corrected chi connectivity index (χ4v) is 2.99. The molecule has 0 radical (unpaired) electrons. The number of aromatic nitrogens is 2. The smallest absolute Gasteiger partial charge is 0.276 e. The molecule has 0 unspecified atom stereocenters. The Bertz CT molecular complexity index is 773. The zero-order chi connectivity index (χ0) is 17.4. The van der Waals surface area contributed by atoms with Crippen LogP contribution in [0.2, 0.25) is 29.7 Å². The Kier molecular flexibility index (Phi) is 4.86. The van der Waals surface area contributed by atoms with Crippen LogP contribution in [0.1, 0.15) is 11.1 Å². The fraction of sp³-hybridized carbons (Fsp3) is 0.267. The van der Waals surface area contributed by atoms with Crippen molar-refractivity contribution < 1.29 is 13.2 Å². The van der Waals surface area contributed by atoms with Crippen molar-refractivity contribution in [2.75, 3.05) is 0 Å². The lowest BCUT2D eigenvalue weighted by Gasteiger charge is -2.11. The van der Waals surface area contributed by atoms with Gasteiger partial charge in [-0.25, -0.2) is 0 Å². The van der Waals surface area contributed by atoms with E-state index in [2.05, 4.69) is 41.3 Å². The van der Waals surface area contributed by atoms with Gasteiger partial charge in [-0.2, -0.15) is 18.3 Å². The summed E-state index contributed by atoms with van der Waals surface area (Å²) >= 11 is 12.0. The van der Waals surface area contributed by atoms with Gasteiger partial charge < -0.3 is 0 Å². The number of hydrogen-bond acceptors (Lipinski definition) is 1. The lowest BCUT2D eigenvalue weighted by atomic mass is 10.1. The molecule has 0 spiro atoms. The summed E-state index contributed by atoms with van der Waals surface area (Å²) in [6.07, 6.45) is -3.01. The van der Waals surface area contributed by atoms with Crippen LogP contribution in [0.4, 0.5) is 13.2 Å². The van der Waals surface area contributed by atoms with Crippen molar-refractivity contribution in [1.29, 1.82) is 0 Å². The molecule has 1 heterocycles. The molecular weight excluding hydrogens is 364 g/mol. The molecule has 122 valence electrons. The molecule has 2 aromatic rings.